The molecule has 1 aromatic rings. The maximum Gasteiger partial charge on any atom is 0.340 e. The molecule has 2 heterocycles. The van der Waals surface area contributed by atoms with Crippen LogP contribution in [0.4, 0.5) is 0 Å². The highest BCUT2D eigenvalue weighted by Gasteiger charge is 2.72. The summed E-state index contributed by atoms with van der Waals surface area (Å²) in [4.78, 5) is 36.8. The third-order valence-electron chi connectivity index (χ3n) is 8.23. The Morgan fingerprint density at radius 2 is 1.97 bits per heavy atom. The fourth-order valence-corrected chi connectivity index (χ4v) is 6.51. The molecular formula is C25H29NO12. The van der Waals surface area contributed by atoms with Gasteiger partial charge in [-0.25, -0.2) is 9.59 Å². The van der Waals surface area contributed by atoms with Crippen molar-refractivity contribution >= 4 is 17.9 Å². The van der Waals surface area contributed by atoms with Crippen molar-refractivity contribution in [3.8, 4) is 11.5 Å². The highest BCUT2D eigenvalue weighted by Crippen LogP contribution is 2.65. The van der Waals surface area contributed by atoms with E-state index < -0.39 is 66.4 Å². The molecular weight excluding hydrogens is 506 g/mol. The van der Waals surface area contributed by atoms with Gasteiger partial charge in [0.15, 0.2) is 36.1 Å². The Morgan fingerprint density at radius 3 is 2.66 bits per heavy atom. The van der Waals surface area contributed by atoms with Gasteiger partial charge >= 0.3 is 17.9 Å². The lowest BCUT2D eigenvalue weighted by atomic mass is 9.50. The monoisotopic (exact) mass is 535 g/mol. The number of ether oxygens (including phenoxy) is 3. The molecule has 0 radical (unpaired) electrons. The van der Waals surface area contributed by atoms with Crippen LogP contribution in [0.15, 0.2) is 24.0 Å². The molecule has 5 rings (SSSR count). The number of carboxylic acid groups (broad SMARTS) is 2. The van der Waals surface area contributed by atoms with E-state index in [9.17, 15) is 34.8 Å². The van der Waals surface area contributed by atoms with Crippen molar-refractivity contribution in [1.82, 2.24) is 4.90 Å². The Hall–Kier alpha value is -3.23. The molecule has 1 unspecified atom stereocenters. The van der Waals surface area contributed by atoms with Crippen LogP contribution in [0.25, 0.3) is 0 Å². The number of hydrogen-bond acceptors (Lipinski definition) is 11. The molecule has 206 valence electrons. The molecule has 2 aliphatic heterocycles. The first kappa shape index (κ1) is 26.4. The number of aliphatic hydroxyl groups is 3. The molecule has 0 saturated carbocycles. The molecule has 1 spiro atoms. The summed E-state index contributed by atoms with van der Waals surface area (Å²) in [5.74, 6) is -4.14. The number of aliphatic carboxylic acids is 2. The number of rotatable bonds is 9. The second-order valence-electron chi connectivity index (χ2n) is 10.3. The zero-order valence-corrected chi connectivity index (χ0v) is 20.4. The minimum absolute atomic E-state index is 0.0372. The van der Waals surface area contributed by atoms with Gasteiger partial charge in [0, 0.05) is 24.4 Å². The number of aromatic hydroxyl groups is 1. The molecule has 2 bridgehead atoms. The van der Waals surface area contributed by atoms with Gasteiger partial charge in [-0.3, -0.25) is 4.79 Å². The van der Waals surface area contributed by atoms with Crippen molar-refractivity contribution < 1.29 is 59.2 Å². The minimum Gasteiger partial charge on any atom is -0.504 e. The summed E-state index contributed by atoms with van der Waals surface area (Å²) < 4.78 is 16.4. The van der Waals surface area contributed by atoms with E-state index in [1.165, 1.54) is 12.1 Å². The number of carbonyl (C=O) groups is 3. The molecule has 2 aliphatic carbocycles. The average Bonchev–Trinajstić information content (AvgIpc) is 3.20. The summed E-state index contributed by atoms with van der Waals surface area (Å²) in [6.07, 6.45) is -5.85. The van der Waals surface area contributed by atoms with Gasteiger partial charge < -0.3 is 49.7 Å². The van der Waals surface area contributed by atoms with E-state index in [0.717, 1.165) is 5.56 Å². The number of likely N-dealkylation sites (N-methyl/N-ethyl adjacent to an activating group) is 1. The van der Waals surface area contributed by atoms with Gasteiger partial charge in [-0.1, -0.05) is 6.07 Å². The van der Waals surface area contributed by atoms with Crippen LogP contribution in [-0.2, 0) is 35.7 Å². The first-order valence-electron chi connectivity index (χ1n) is 12.2. The number of phenols is 1. The van der Waals surface area contributed by atoms with E-state index in [0.29, 0.717) is 24.9 Å². The van der Waals surface area contributed by atoms with E-state index in [1.807, 2.05) is 7.05 Å². The van der Waals surface area contributed by atoms with Crippen molar-refractivity contribution in [3.05, 3.63) is 35.1 Å². The van der Waals surface area contributed by atoms with Gasteiger partial charge in [-0.15, -0.1) is 0 Å². The first-order chi connectivity index (χ1) is 17.9. The van der Waals surface area contributed by atoms with Crippen molar-refractivity contribution in [1.29, 1.82) is 0 Å². The predicted octanol–water partition coefficient (Wildman–Crippen LogP) is -0.773. The number of benzene rings is 1. The number of hydrogen-bond donors (Lipinski definition) is 6. The highest BCUT2D eigenvalue weighted by atomic mass is 16.6. The summed E-state index contributed by atoms with van der Waals surface area (Å²) in [6, 6.07) is 3.08. The van der Waals surface area contributed by atoms with Gasteiger partial charge in [0.1, 0.15) is 5.76 Å². The number of likely N-dealkylation sites (tertiary alicyclic amines) is 1. The lowest BCUT2D eigenvalue weighted by Crippen LogP contribution is -2.74. The normalized spacial score (nSPS) is 31.3. The summed E-state index contributed by atoms with van der Waals surface area (Å²) in [5, 5.41) is 60.8. The zero-order chi connectivity index (χ0) is 27.6. The van der Waals surface area contributed by atoms with Crippen LogP contribution in [0.1, 0.15) is 36.8 Å². The van der Waals surface area contributed by atoms with Gasteiger partial charge in [0.25, 0.3) is 0 Å². The molecule has 13 nitrogen and oxygen atoms in total. The summed E-state index contributed by atoms with van der Waals surface area (Å²) in [7, 11) is 1.93. The molecule has 0 aromatic heterocycles. The highest BCUT2D eigenvalue weighted by molar-refractivity contribution is 5.79. The second kappa shape index (κ2) is 9.20. The fourth-order valence-electron chi connectivity index (χ4n) is 6.51. The number of nitrogens with zero attached hydrogens (tertiary/aromatic N) is 1. The van der Waals surface area contributed by atoms with E-state index in [-0.39, 0.29) is 29.7 Å². The third-order valence-corrected chi connectivity index (χ3v) is 8.23. The lowest BCUT2D eigenvalue weighted by Gasteiger charge is -2.61. The summed E-state index contributed by atoms with van der Waals surface area (Å²) >= 11 is 0. The Balaban J connectivity index is 1.36. The molecule has 0 amide bonds. The number of esters is 1. The smallest absolute Gasteiger partial charge is 0.340 e. The quantitative estimate of drug-likeness (QED) is 0.170. The first-order valence-corrected chi connectivity index (χ1v) is 12.2. The topological polar surface area (TPSA) is 204 Å². The number of carbonyl (C=O) groups excluding carboxylic acids is 1. The van der Waals surface area contributed by atoms with E-state index in [2.05, 4.69) is 4.90 Å². The van der Waals surface area contributed by atoms with Gasteiger partial charge in [0.05, 0.1) is 17.4 Å². The van der Waals surface area contributed by atoms with E-state index in [1.54, 1.807) is 6.07 Å². The maximum atomic E-state index is 12.8. The molecule has 38 heavy (non-hydrogen) atoms. The maximum absolute atomic E-state index is 12.8. The fraction of sp³-hybridized carbons (Fsp3) is 0.560. The number of phenolic OH excluding ortho intramolecular Hbond substituents is 1. The second-order valence-corrected chi connectivity index (χ2v) is 10.3. The van der Waals surface area contributed by atoms with Crippen molar-refractivity contribution in [2.24, 2.45) is 0 Å². The van der Waals surface area contributed by atoms with Gasteiger partial charge in [-0.05, 0) is 44.1 Å². The van der Waals surface area contributed by atoms with Crippen molar-refractivity contribution in [2.45, 2.75) is 73.8 Å². The van der Waals surface area contributed by atoms with Crippen molar-refractivity contribution in [3.63, 3.8) is 0 Å². The van der Waals surface area contributed by atoms with Gasteiger partial charge in [0.2, 0.25) is 0 Å². The van der Waals surface area contributed by atoms with Gasteiger partial charge in [-0.2, -0.15) is 0 Å². The third kappa shape index (κ3) is 3.84. The molecule has 13 heteroatoms. The largest absolute Gasteiger partial charge is 0.504 e. The number of carboxylic acids is 2. The van der Waals surface area contributed by atoms with Crippen LogP contribution >= 0.6 is 0 Å². The Morgan fingerprint density at radius 1 is 1.24 bits per heavy atom. The van der Waals surface area contributed by atoms with E-state index in [4.69, 9.17) is 24.4 Å². The van der Waals surface area contributed by atoms with Crippen molar-refractivity contribution in [2.75, 3.05) is 13.6 Å². The standard InChI is InChI=1S/C25H29NO12/c1-26-7-6-24-19-11-2-3-12(27)20(19)38-21(24)14(4-5-25(24,35)16(26)8-11)37-23(34)13(28)9-18(31)36-15(22(32)33)10-17(29)30/h2-4,13,15-16,18,21,27-28,31,35H,5-10H2,1H3,(H,29,30)(H,32,33)/t13-,15+,16+,18?,21-,24-,25+/m0/s1. The molecule has 7 atom stereocenters. The summed E-state index contributed by atoms with van der Waals surface area (Å²) in [5.41, 5.74) is -0.664. The van der Waals surface area contributed by atoms with Crippen LogP contribution in [0.5, 0.6) is 11.5 Å². The SMILES string of the molecule is CN1CC[C@]23c4c5ccc(O)c4O[C@H]2C(OC(=O)[C@@H](O)CC(O)O[C@H](CC(=O)O)C(=O)O)=CC[C@@]3(O)[C@H]1C5. The number of aliphatic hydroxyl groups excluding tert-OH is 2. The Kier molecular flexibility index (Phi) is 6.39. The van der Waals surface area contributed by atoms with E-state index >= 15 is 0 Å². The number of piperidine rings is 1. The van der Waals surface area contributed by atoms with Crippen LogP contribution in [-0.4, -0.2) is 103 Å². The van der Waals surface area contributed by atoms with Crippen LogP contribution in [0.3, 0.4) is 0 Å². The van der Waals surface area contributed by atoms with Crippen LogP contribution < -0.4 is 4.74 Å². The minimum atomic E-state index is -1.97. The molecule has 4 aliphatic rings. The lowest BCUT2D eigenvalue weighted by molar-refractivity contribution is -0.189. The molecule has 1 fully saturated rings. The predicted molar refractivity (Wildman–Crippen MR) is 124 cm³/mol. The molecule has 6 N–H and O–H groups in total. The average molecular weight is 536 g/mol. The van der Waals surface area contributed by atoms with Crippen LogP contribution in [0.2, 0.25) is 0 Å². The zero-order valence-electron chi connectivity index (χ0n) is 20.4. The molecule has 1 saturated heterocycles. The molecule has 1 aromatic carbocycles. The summed E-state index contributed by atoms with van der Waals surface area (Å²) in [6.45, 7) is 0.621. The van der Waals surface area contributed by atoms with Crippen LogP contribution in [0, 0.1) is 0 Å². The Labute approximate surface area is 216 Å². The Bertz CT molecular complexity index is 1210.